The van der Waals surface area contributed by atoms with Gasteiger partial charge in [-0.1, -0.05) is 33.3 Å². The van der Waals surface area contributed by atoms with E-state index in [1.807, 2.05) is 20.8 Å². The summed E-state index contributed by atoms with van der Waals surface area (Å²) in [5.41, 5.74) is 0.930. The van der Waals surface area contributed by atoms with Crippen molar-refractivity contribution in [1.29, 1.82) is 0 Å². The molecule has 8 heteroatoms. The second-order valence-electron chi connectivity index (χ2n) is 10.2. The number of carbonyl (C=O) groups excluding carboxylic acids is 2. The Bertz CT molecular complexity index is 832. The van der Waals surface area contributed by atoms with Crippen LogP contribution in [0.25, 0.3) is 6.08 Å². The number of aromatic nitrogens is 2. The average Bonchev–Trinajstić information content (AvgIpc) is 2.96. The van der Waals surface area contributed by atoms with Crippen molar-refractivity contribution < 1.29 is 9.59 Å². The number of nitrogens with one attached hydrogen (secondary N) is 2. The molecule has 8 nitrogen and oxygen atoms in total. The molecule has 32 heavy (non-hydrogen) atoms. The summed E-state index contributed by atoms with van der Waals surface area (Å²) in [6, 6.07) is -0.640. The van der Waals surface area contributed by atoms with Crippen LogP contribution >= 0.6 is 0 Å². The SMILES string of the molecule is CNC(=O)C(NC(=O)c1nc(C=CCN2CCCCC2)n2c1CN(C)CCC2)C(C)(C)C. The van der Waals surface area contributed by atoms with Gasteiger partial charge >= 0.3 is 0 Å². The number of likely N-dealkylation sites (tertiary alicyclic amines) is 1. The van der Waals surface area contributed by atoms with Gasteiger partial charge in [-0.15, -0.1) is 0 Å². The minimum Gasteiger partial charge on any atom is -0.357 e. The van der Waals surface area contributed by atoms with Crippen molar-refractivity contribution in [3.8, 4) is 0 Å². The number of piperidine rings is 1. The van der Waals surface area contributed by atoms with Crippen molar-refractivity contribution in [2.24, 2.45) is 5.41 Å². The number of carbonyl (C=O) groups is 2. The van der Waals surface area contributed by atoms with Crippen LogP contribution in [0, 0.1) is 5.41 Å². The first-order valence-corrected chi connectivity index (χ1v) is 11.9. The average molecular weight is 445 g/mol. The molecule has 0 bridgehead atoms. The third-order valence-corrected chi connectivity index (χ3v) is 6.39. The summed E-state index contributed by atoms with van der Waals surface area (Å²) in [5.74, 6) is 0.336. The second-order valence-corrected chi connectivity index (χ2v) is 10.2. The molecular formula is C24H40N6O2. The van der Waals surface area contributed by atoms with Crippen LogP contribution in [0.1, 0.15) is 68.5 Å². The fourth-order valence-corrected chi connectivity index (χ4v) is 4.53. The molecule has 2 N–H and O–H groups in total. The topological polar surface area (TPSA) is 82.5 Å². The number of fused-ring (bicyclic) bond motifs is 1. The lowest BCUT2D eigenvalue weighted by molar-refractivity contribution is -0.124. The molecule has 0 saturated carbocycles. The molecule has 0 spiro atoms. The van der Waals surface area contributed by atoms with Gasteiger partial charge in [-0.2, -0.15) is 0 Å². The Balaban J connectivity index is 1.86. The summed E-state index contributed by atoms with van der Waals surface area (Å²) in [4.78, 5) is 35.2. The molecular weight excluding hydrogens is 404 g/mol. The number of likely N-dealkylation sites (N-methyl/N-ethyl adjacent to an activating group) is 1. The van der Waals surface area contributed by atoms with Gasteiger partial charge in [-0.25, -0.2) is 4.98 Å². The standard InChI is InChI=1S/C24H40N6O2/c1-24(2,3)21(23(32)25-4)27-22(31)20-18-17-28(5)12-10-16-30(18)19(26-20)11-9-15-29-13-7-6-8-14-29/h9,11,21H,6-8,10,12-17H2,1-5H3,(H,25,32)(H,27,31). The monoisotopic (exact) mass is 444 g/mol. The van der Waals surface area contributed by atoms with E-state index >= 15 is 0 Å². The van der Waals surface area contributed by atoms with Gasteiger partial charge in [0.15, 0.2) is 5.69 Å². The van der Waals surface area contributed by atoms with Gasteiger partial charge in [0.1, 0.15) is 11.9 Å². The zero-order chi connectivity index (χ0) is 23.3. The Morgan fingerprint density at radius 1 is 1.09 bits per heavy atom. The van der Waals surface area contributed by atoms with Crippen LogP contribution in [0.15, 0.2) is 6.08 Å². The molecule has 178 valence electrons. The summed E-state index contributed by atoms with van der Waals surface area (Å²) in [6.07, 6.45) is 9.09. The summed E-state index contributed by atoms with van der Waals surface area (Å²) < 4.78 is 2.18. The van der Waals surface area contributed by atoms with Crippen LogP contribution in [0.5, 0.6) is 0 Å². The number of hydrogen-bond donors (Lipinski definition) is 2. The van der Waals surface area contributed by atoms with Crippen molar-refractivity contribution in [3.05, 3.63) is 23.3 Å². The van der Waals surface area contributed by atoms with Crippen LogP contribution in [-0.4, -0.2) is 77.5 Å². The highest BCUT2D eigenvalue weighted by atomic mass is 16.2. The van der Waals surface area contributed by atoms with E-state index in [-0.39, 0.29) is 11.8 Å². The van der Waals surface area contributed by atoms with Crippen LogP contribution in [-0.2, 0) is 17.9 Å². The molecule has 1 fully saturated rings. The molecule has 0 aliphatic carbocycles. The molecule has 3 heterocycles. The van der Waals surface area contributed by atoms with Crippen molar-refractivity contribution in [2.45, 2.75) is 65.6 Å². The van der Waals surface area contributed by atoms with E-state index in [1.54, 1.807) is 7.05 Å². The lowest BCUT2D eigenvalue weighted by Gasteiger charge is -2.29. The zero-order valence-corrected chi connectivity index (χ0v) is 20.4. The first-order valence-electron chi connectivity index (χ1n) is 11.9. The molecule has 1 atom stereocenters. The van der Waals surface area contributed by atoms with Crippen LogP contribution in [0.3, 0.4) is 0 Å². The van der Waals surface area contributed by atoms with Gasteiger partial charge in [0.2, 0.25) is 5.91 Å². The highest BCUT2D eigenvalue weighted by Gasteiger charge is 2.34. The van der Waals surface area contributed by atoms with E-state index < -0.39 is 11.5 Å². The number of hydrogen-bond acceptors (Lipinski definition) is 5. The lowest BCUT2D eigenvalue weighted by Crippen LogP contribution is -2.53. The first-order chi connectivity index (χ1) is 15.2. The maximum atomic E-state index is 13.3. The van der Waals surface area contributed by atoms with Crippen LogP contribution in [0.4, 0.5) is 0 Å². The summed E-state index contributed by atoms with van der Waals surface area (Å²) in [7, 11) is 3.66. The first kappa shape index (κ1) is 24.5. The number of nitrogens with zero attached hydrogens (tertiary/aromatic N) is 4. The quantitative estimate of drug-likeness (QED) is 0.702. The Kier molecular flexibility index (Phi) is 8.11. The summed E-state index contributed by atoms with van der Waals surface area (Å²) >= 11 is 0. The van der Waals surface area contributed by atoms with E-state index in [0.29, 0.717) is 12.2 Å². The summed E-state index contributed by atoms with van der Waals surface area (Å²) in [6.45, 7) is 11.5. The fraction of sp³-hybridized carbons (Fsp3) is 0.708. The highest BCUT2D eigenvalue weighted by molar-refractivity contribution is 5.97. The van der Waals surface area contributed by atoms with Crippen molar-refractivity contribution in [1.82, 2.24) is 30.0 Å². The zero-order valence-electron chi connectivity index (χ0n) is 20.4. The molecule has 1 aromatic rings. The van der Waals surface area contributed by atoms with Crippen LogP contribution in [0.2, 0.25) is 0 Å². The fourth-order valence-electron chi connectivity index (χ4n) is 4.53. The Morgan fingerprint density at radius 3 is 2.47 bits per heavy atom. The van der Waals surface area contributed by atoms with E-state index in [0.717, 1.165) is 50.7 Å². The molecule has 2 aliphatic heterocycles. The Morgan fingerprint density at radius 2 is 1.81 bits per heavy atom. The molecule has 2 amide bonds. The minimum atomic E-state index is -0.640. The third kappa shape index (κ3) is 5.98. The minimum absolute atomic E-state index is 0.199. The molecule has 1 saturated heterocycles. The Labute approximate surface area is 192 Å². The van der Waals surface area contributed by atoms with E-state index in [1.165, 1.54) is 19.3 Å². The molecule has 1 aromatic heterocycles. The van der Waals surface area contributed by atoms with Gasteiger partial charge in [-0.05, 0) is 57.4 Å². The van der Waals surface area contributed by atoms with Crippen LogP contribution < -0.4 is 10.6 Å². The highest BCUT2D eigenvalue weighted by Crippen LogP contribution is 2.23. The van der Waals surface area contributed by atoms with E-state index in [2.05, 4.69) is 44.2 Å². The van der Waals surface area contributed by atoms with Gasteiger partial charge in [-0.3, -0.25) is 14.5 Å². The molecule has 0 radical (unpaired) electrons. The largest absolute Gasteiger partial charge is 0.357 e. The smallest absolute Gasteiger partial charge is 0.272 e. The summed E-state index contributed by atoms with van der Waals surface area (Å²) in [5, 5.41) is 5.62. The predicted octanol–water partition coefficient (Wildman–Crippen LogP) is 2.11. The number of rotatable bonds is 6. The predicted molar refractivity (Wildman–Crippen MR) is 127 cm³/mol. The lowest BCUT2D eigenvalue weighted by atomic mass is 9.86. The Hall–Kier alpha value is -2.19. The van der Waals surface area contributed by atoms with Gasteiger partial charge in [0.05, 0.1) is 5.69 Å². The van der Waals surface area contributed by atoms with Gasteiger partial charge in [0, 0.05) is 26.7 Å². The maximum absolute atomic E-state index is 13.3. The number of amides is 2. The second kappa shape index (κ2) is 10.6. The van der Waals surface area contributed by atoms with Gasteiger partial charge in [0.25, 0.3) is 5.91 Å². The molecule has 0 aromatic carbocycles. The van der Waals surface area contributed by atoms with E-state index in [9.17, 15) is 9.59 Å². The van der Waals surface area contributed by atoms with E-state index in [4.69, 9.17) is 4.98 Å². The molecule has 1 unspecified atom stereocenters. The molecule has 3 rings (SSSR count). The maximum Gasteiger partial charge on any atom is 0.272 e. The van der Waals surface area contributed by atoms with Gasteiger partial charge < -0.3 is 20.1 Å². The number of imidazole rings is 1. The molecule has 2 aliphatic rings. The van der Waals surface area contributed by atoms with Crippen molar-refractivity contribution in [3.63, 3.8) is 0 Å². The van der Waals surface area contributed by atoms with Crippen molar-refractivity contribution >= 4 is 17.9 Å². The third-order valence-electron chi connectivity index (χ3n) is 6.39. The normalized spacial score (nSPS) is 19.4. The van der Waals surface area contributed by atoms with Crippen molar-refractivity contribution in [2.75, 3.05) is 40.3 Å².